The maximum absolute atomic E-state index is 14.8. The van der Waals surface area contributed by atoms with E-state index in [9.17, 15) is 23.1 Å². The minimum atomic E-state index is -4.35. The van der Waals surface area contributed by atoms with Crippen molar-refractivity contribution in [2.45, 2.75) is 28.3 Å². The van der Waals surface area contributed by atoms with E-state index >= 15 is 0 Å². The summed E-state index contributed by atoms with van der Waals surface area (Å²) in [6.07, 6.45) is 0.569. The van der Waals surface area contributed by atoms with Crippen LogP contribution in [-0.4, -0.2) is 80.0 Å². The number of carbonyl (C=O) groups excluding carboxylic acids is 2. The van der Waals surface area contributed by atoms with E-state index in [0.717, 1.165) is 15.6 Å². The number of aromatic nitrogens is 1. The number of likely N-dealkylation sites (tertiary alicyclic amines) is 1. The maximum atomic E-state index is 14.8. The summed E-state index contributed by atoms with van der Waals surface area (Å²) < 4.78 is 34.1. The summed E-state index contributed by atoms with van der Waals surface area (Å²) in [6, 6.07) is 9.76. The highest BCUT2D eigenvalue weighted by Gasteiger charge is 2.64. The summed E-state index contributed by atoms with van der Waals surface area (Å²) in [5.74, 6) is -1.13. The number of anilines is 1. The molecule has 3 aromatic rings. The number of thiophene rings is 1. The molecule has 5 rings (SSSR count). The molecule has 0 aliphatic carbocycles. The van der Waals surface area contributed by atoms with Gasteiger partial charge in [-0.05, 0) is 48.2 Å². The largest absolute Gasteiger partial charge is 0.481 e. The van der Waals surface area contributed by atoms with E-state index in [2.05, 4.69) is 4.98 Å². The molecule has 0 bridgehead atoms. The summed E-state index contributed by atoms with van der Waals surface area (Å²) in [6.45, 7) is -0.0904. The van der Waals surface area contributed by atoms with Crippen LogP contribution in [0.15, 0.2) is 58.3 Å². The van der Waals surface area contributed by atoms with Crippen LogP contribution in [-0.2, 0) is 25.2 Å². The fraction of sp³-hybridized carbons (Fsp3) is 0.320. The molecule has 38 heavy (non-hydrogen) atoms. The van der Waals surface area contributed by atoms with Gasteiger partial charge in [0.15, 0.2) is 5.54 Å². The minimum absolute atomic E-state index is 0.0249. The molecule has 4 heterocycles. The van der Waals surface area contributed by atoms with Crippen molar-refractivity contribution in [1.82, 2.24) is 14.8 Å². The number of ether oxygens (including phenoxy) is 1. The number of aliphatic hydroxyl groups is 1. The number of aliphatic hydroxyl groups excluding tert-OH is 1. The van der Waals surface area contributed by atoms with Crippen LogP contribution < -0.4 is 9.04 Å². The van der Waals surface area contributed by atoms with Gasteiger partial charge in [0.05, 0.1) is 24.9 Å². The second kappa shape index (κ2) is 9.62. The predicted molar refractivity (Wildman–Crippen MR) is 142 cm³/mol. The Morgan fingerprint density at radius 2 is 2.00 bits per heavy atom. The molecule has 2 aliphatic rings. The topological polar surface area (TPSA) is 120 Å². The van der Waals surface area contributed by atoms with Crippen molar-refractivity contribution in [1.29, 1.82) is 0 Å². The Morgan fingerprint density at radius 3 is 2.66 bits per heavy atom. The lowest BCUT2D eigenvalue weighted by atomic mass is 9.81. The molecule has 3 atom stereocenters. The first kappa shape index (κ1) is 26.6. The number of carbonyl (C=O) groups is 2. The normalized spacial score (nSPS) is 23.5. The average molecular weight is 577 g/mol. The Labute approximate surface area is 229 Å². The van der Waals surface area contributed by atoms with Crippen molar-refractivity contribution >= 4 is 50.5 Å². The second-order valence-corrected chi connectivity index (χ2v) is 12.6. The van der Waals surface area contributed by atoms with E-state index in [4.69, 9.17) is 16.3 Å². The Kier molecular flexibility index (Phi) is 6.72. The molecule has 0 radical (unpaired) electrons. The van der Waals surface area contributed by atoms with Crippen molar-refractivity contribution in [2.24, 2.45) is 0 Å². The van der Waals surface area contributed by atoms with E-state index in [-0.39, 0.29) is 50.8 Å². The van der Waals surface area contributed by atoms with Gasteiger partial charge in [-0.2, -0.15) is 12.7 Å². The van der Waals surface area contributed by atoms with Crippen molar-refractivity contribution in [2.75, 3.05) is 32.1 Å². The summed E-state index contributed by atoms with van der Waals surface area (Å²) >= 11 is 7.42. The molecule has 2 aromatic heterocycles. The number of methoxy groups -OCH3 is 1. The molecule has 1 unspecified atom stereocenters. The van der Waals surface area contributed by atoms with Crippen molar-refractivity contribution < 1.29 is 27.9 Å². The van der Waals surface area contributed by atoms with Gasteiger partial charge in [-0.25, -0.2) is 4.98 Å². The van der Waals surface area contributed by atoms with Crippen LogP contribution in [0.5, 0.6) is 5.88 Å². The number of amides is 2. The molecule has 0 saturated carbocycles. The number of rotatable bonds is 6. The number of hydrogen-bond donors (Lipinski definition) is 1. The number of pyridine rings is 1. The number of β-amino-alcohol motifs (C(OH)–C–C–N with tert-alkyl or cyclic N) is 1. The number of benzene rings is 1. The average Bonchev–Trinajstić information content (AvgIpc) is 3.61. The molecule has 200 valence electrons. The molecule has 1 N–H and O–H groups in total. The third-order valence-corrected chi connectivity index (χ3v) is 10.1. The zero-order valence-corrected chi connectivity index (χ0v) is 23.1. The summed E-state index contributed by atoms with van der Waals surface area (Å²) in [5, 5.41) is 12.7. The lowest BCUT2D eigenvalue weighted by molar-refractivity contribution is -0.138. The molecular weight excluding hydrogens is 552 g/mol. The highest BCUT2D eigenvalue weighted by atomic mass is 35.5. The van der Waals surface area contributed by atoms with Crippen molar-refractivity contribution in [3.63, 3.8) is 0 Å². The molecule has 1 saturated heterocycles. The summed E-state index contributed by atoms with van der Waals surface area (Å²) in [5.41, 5.74) is -1.34. The van der Waals surface area contributed by atoms with Gasteiger partial charge in [-0.15, -0.1) is 11.3 Å². The second-order valence-electron chi connectivity index (χ2n) is 9.23. The van der Waals surface area contributed by atoms with Crippen LogP contribution in [0.3, 0.4) is 0 Å². The van der Waals surface area contributed by atoms with Gasteiger partial charge in [0.25, 0.3) is 15.9 Å². The van der Waals surface area contributed by atoms with E-state index in [0.29, 0.717) is 0 Å². The highest BCUT2D eigenvalue weighted by molar-refractivity contribution is 7.95. The van der Waals surface area contributed by atoms with Gasteiger partial charge in [0.2, 0.25) is 11.8 Å². The number of likely N-dealkylation sites (N-methyl/N-ethyl adjacent to an activating group) is 1. The minimum Gasteiger partial charge on any atom is -0.481 e. The highest BCUT2D eigenvalue weighted by Crippen LogP contribution is 2.54. The number of sulfonamides is 1. The lowest BCUT2D eigenvalue weighted by Gasteiger charge is -2.41. The summed E-state index contributed by atoms with van der Waals surface area (Å²) in [4.78, 5) is 35.4. The van der Waals surface area contributed by atoms with Gasteiger partial charge >= 0.3 is 0 Å². The molecule has 1 fully saturated rings. The van der Waals surface area contributed by atoms with E-state index in [1.54, 1.807) is 42.6 Å². The van der Waals surface area contributed by atoms with Gasteiger partial charge in [-0.1, -0.05) is 17.7 Å². The Morgan fingerprint density at radius 1 is 1.24 bits per heavy atom. The maximum Gasteiger partial charge on any atom is 0.280 e. The molecular formula is C25H25ClN4O6S2. The first-order valence-electron chi connectivity index (χ1n) is 11.6. The van der Waals surface area contributed by atoms with Crippen molar-refractivity contribution in [3.8, 4) is 5.88 Å². The Balaban J connectivity index is 1.88. The smallest absolute Gasteiger partial charge is 0.280 e. The first-order valence-corrected chi connectivity index (χ1v) is 14.3. The SMILES string of the molecule is COc1ncccc1C1(N2C[C@H](O)C[C@H]2C(=O)N(C)C)C(=O)N(S(=O)(=O)c2cccs2)c2ccc(Cl)cc21. The van der Waals surface area contributed by atoms with Crippen molar-refractivity contribution in [3.05, 3.63) is 70.2 Å². The molecule has 0 spiro atoms. The fourth-order valence-electron chi connectivity index (χ4n) is 5.32. The van der Waals surface area contributed by atoms with Gasteiger partial charge in [0.1, 0.15) is 4.21 Å². The fourth-order valence-corrected chi connectivity index (χ4v) is 8.02. The van der Waals surface area contributed by atoms with Crippen LogP contribution in [0.4, 0.5) is 5.69 Å². The predicted octanol–water partition coefficient (Wildman–Crippen LogP) is 2.31. The third kappa shape index (κ3) is 3.82. The standard InChI is InChI=1S/C25H25ClN4O6S2/c1-28(2)23(32)20-13-16(31)14-29(20)25(17-6-4-10-27-22(17)36-3)18-12-15(26)8-9-19(18)30(24(25)33)38(34,35)21-7-5-11-37-21/h4-12,16,20,31H,13-14H2,1-3H3/t16-,20+,25?/m1/s1. The van der Waals surface area contributed by atoms with E-state index in [1.807, 2.05) is 0 Å². The molecule has 13 heteroatoms. The lowest BCUT2D eigenvalue weighted by Crippen LogP contribution is -2.59. The van der Waals surface area contributed by atoms with Crippen LogP contribution >= 0.6 is 22.9 Å². The third-order valence-electron chi connectivity index (χ3n) is 6.84. The monoisotopic (exact) mass is 576 g/mol. The van der Waals surface area contributed by atoms with Crippen LogP contribution in [0.25, 0.3) is 0 Å². The van der Waals surface area contributed by atoms with Crippen LogP contribution in [0.1, 0.15) is 17.5 Å². The van der Waals surface area contributed by atoms with E-state index in [1.165, 1.54) is 42.5 Å². The number of nitrogens with zero attached hydrogens (tertiary/aromatic N) is 4. The van der Waals surface area contributed by atoms with Gasteiger partial charge < -0.3 is 14.7 Å². The molecule has 2 aliphatic heterocycles. The molecule has 1 aromatic carbocycles. The number of fused-ring (bicyclic) bond motifs is 1. The zero-order valence-electron chi connectivity index (χ0n) is 20.7. The summed E-state index contributed by atoms with van der Waals surface area (Å²) in [7, 11) is 0.197. The Bertz CT molecular complexity index is 1510. The van der Waals surface area contributed by atoms with Gasteiger partial charge in [0, 0.05) is 43.0 Å². The molecule has 2 amide bonds. The molecule has 10 nitrogen and oxygen atoms in total. The number of hydrogen-bond acceptors (Lipinski definition) is 9. The van der Waals surface area contributed by atoms with E-state index < -0.39 is 33.6 Å². The van der Waals surface area contributed by atoms with Crippen LogP contribution in [0.2, 0.25) is 5.02 Å². The van der Waals surface area contributed by atoms with Crippen LogP contribution in [0, 0.1) is 0 Å². The van der Waals surface area contributed by atoms with Gasteiger partial charge in [-0.3, -0.25) is 14.5 Å². The zero-order chi connectivity index (χ0) is 27.4. The Hall–Kier alpha value is -3.03. The quantitative estimate of drug-likeness (QED) is 0.475. The first-order chi connectivity index (χ1) is 18.0. The number of halogens is 1.